The number of nitrogens with one attached hydrogen (secondary N) is 1. The van der Waals surface area contributed by atoms with Crippen LogP contribution < -0.4 is 10.1 Å². The Balaban J connectivity index is 1.51. The molecule has 1 aliphatic rings. The summed E-state index contributed by atoms with van der Waals surface area (Å²) in [5.74, 6) is 0.836. The van der Waals surface area contributed by atoms with Crippen molar-refractivity contribution in [3.8, 4) is 5.75 Å². The topological polar surface area (TPSA) is 79.0 Å². The van der Waals surface area contributed by atoms with Gasteiger partial charge in [-0.05, 0) is 18.6 Å². The van der Waals surface area contributed by atoms with Crippen LogP contribution in [0.4, 0.5) is 0 Å². The Morgan fingerprint density at radius 2 is 1.84 bits per heavy atom. The van der Waals surface area contributed by atoms with Gasteiger partial charge >= 0.3 is 0 Å². The lowest BCUT2D eigenvalue weighted by molar-refractivity contribution is -0.121. The molecule has 0 spiro atoms. The molecule has 8 heteroatoms. The molecular formula is C17H27N3O4S. The van der Waals surface area contributed by atoms with Crippen LogP contribution in [0.15, 0.2) is 30.3 Å². The van der Waals surface area contributed by atoms with Gasteiger partial charge in [0.1, 0.15) is 5.75 Å². The highest BCUT2D eigenvalue weighted by molar-refractivity contribution is 7.88. The predicted octanol–water partition coefficient (Wildman–Crippen LogP) is 0.539. The zero-order valence-corrected chi connectivity index (χ0v) is 15.5. The summed E-state index contributed by atoms with van der Waals surface area (Å²) >= 11 is 0. The number of para-hydroxylation sites is 1. The molecule has 1 heterocycles. The van der Waals surface area contributed by atoms with Crippen molar-refractivity contribution in [1.82, 2.24) is 14.5 Å². The Kier molecular flexibility index (Phi) is 7.67. The molecule has 25 heavy (non-hydrogen) atoms. The number of carbonyl (C=O) groups is 1. The van der Waals surface area contributed by atoms with Gasteiger partial charge in [-0.1, -0.05) is 18.2 Å². The molecule has 140 valence electrons. The zero-order chi connectivity index (χ0) is 18.1. The predicted molar refractivity (Wildman–Crippen MR) is 97.0 cm³/mol. The first-order valence-corrected chi connectivity index (χ1v) is 10.4. The van der Waals surface area contributed by atoms with Crippen molar-refractivity contribution >= 4 is 15.9 Å². The monoisotopic (exact) mass is 369 g/mol. The third-order valence-corrected chi connectivity index (χ3v) is 5.41. The van der Waals surface area contributed by atoms with E-state index in [2.05, 4.69) is 10.2 Å². The zero-order valence-electron chi connectivity index (χ0n) is 14.7. The van der Waals surface area contributed by atoms with E-state index >= 15 is 0 Å². The molecule has 0 bridgehead atoms. The van der Waals surface area contributed by atoms with Gasteiger partial charge in [0.15, 0.2) is 0 Å². The maximum Gasteiger partial charge on any atom is 0.220 e. The van der Waals surface area contributed by atoms with E-state index in [4.69, 9.17) is 4.74 Å². The number of hydrogen-bond acceptors (Lipinski definition) is 5. The molecule has 7 nitrogen and oxygen atoms in total. The third-order valence-electron chi connectivity index (χ3n) is 4.11. The maximum absolute atomic E-state index is 11.8. The van der Waals surface area contributed by atoms with Crippen LogP contribution in [0.1, 0.15) is 12.8 Å². The van der Waals surface area contributed by atoms with E-state index in [9.17, 15) is 13.2 Å². The highest BCUT2D eigenvalue weighted by Crippen LogP contribution is 2.09. The first kappa shape index (κ1) is 19.7. The van der Waals surface area contributed by atoms with E-state index in [1.54, 1.807) is 0 Å². The summed E-state index contributed by atoms with van der Waals surface area (Å²) in [6.07, 6.45) is 2.35. The first-order valence-electron chi connectivity index (χ1n) is 8.57. The lowest BCUT2D eigenvalue weighted by Gasteiger charge is -2.33. The molecule has 0 atom stereocenters. The van der Waals surface area contributed by atoms with E-state index < -0.39 is 10.0 Å². The summed E-state index contributed by atoms with van der Waals surface area (Å²) in [4.78, 5) is 14.0. The van der Waals surface area contributed by atoms with Gasteiger partial charge in [0, 0.05) is 45.7 Å². The van der Waals surface area contributed by atoms with Gasteiger partial charge in [0.05, 0.1) is 12.9 Å². The Labute approximate surface area is 150 Å². The van der Waals surface area contributed by atoms with Gasteiger partial charge in [-0.15, -0.1) is 0 Å². The molecule has 0 saturated carbocycles. The van der Waals surface area contributed by atoms with E-state index in [0.717, 1.165) is 12.3 Å². The number of benzene rings is 1. The van der Waals surface area contributed by atoms with E-state index in [-0.39, 0.29) is 5.91 Å². The standard InChI is InChI=1S/C17H27N3O4S/c1-25(22,23)20-13-11-19(12-14-20)10-9-18-17(21)8-5-15-24-16-6-3-2-4-7-16/h2-4,6-7H,5,8-15H2,1H3,(H,18,21). The molecule has 0 aliphatic carbocycles. The van der Waals surface area contributed by atoms with Crippen LogP contribution in [0, 0.1) is 0 Å². The van der Waals surface area contributed by atoms with Crippen LogP contribution in [0.25, 0.3) is 0 Å². The second-order valence-corrected chi connectivity index (χ2v) is 8.10. The Morgan fingerprint density at radius 3 is 2.48 bits per heavy atom. The normalized spacial score (nSPS) is 16.5. The van der Waals surface area contributed by atoms with Gasteiger partial charge < -0.3 is 10.1 Å². The van der Waals surface area contributed by atoms with Gasteiger partial charge in [0.25, 0.3) is 0 Å². The number of ether oxygens (including phenoxy) is 1. The van der Waals surface area contributed by atoms with Crippen molar-refractivity contribution in [1.29, 1.82) is 0 Å². The molecule has 0 radical (unpaired) electrons. The summed E-state index contributed by atoms with van der Waals surface area (Å²) in [5.41, 5.74) is 0. The molecule has 1 aromatic carbocycles. The van der Waals surface area contributed by atoms with E-state index in [1.807, 2.05) is 30.3 Å². The fraction of sp³-hybridized carbons (Fsp3) is 0.588. The van der Waals surface area contributed by atoms with E-state index in [0.29, 0.717) is 52.2 Å². The Morgan fingerprint density at radius 1 is 1.16 bits per heavy atom. The summed E-state index contributed by atoms with van der Waals surface area (Å²) in [6.45, 7) is 4.28. The molecule has 1 aromatic rings. The molecule has 2 rings (SSSR count). The molecule has 0 aromatic heterocycles. The van der Waals surface area contributed by atoms with Gasteiger partial charge in [-0.2, -0.15) is 4.31 Å². The number of rotatable bonds is 9. The summed E-state index contributed by atoms with van der Waals surface area (Å²) in [7, 11) is -3.09. The molecule has 1 fully saturated rings. The molecule has 1 aliphatic heterocycles. The average Bonchev–Trinajstić information content (AvgIpc) is 2.59. The minimum absolute atomic E-state index is 0.0198. The van der Waals surface area contributed by atoms with Crippen molar-refractivity contribution in [2.24, 2.45) is 0 Å². The number of carbonyl (C=O) groups excluding carboxylic acids is 1. The fourth-order valence-corrected chi connectivity index (χ4v) is 3.49. The highest BCUT2D eigenvalue weighted by atomic mass is 32.2. The summed E-state index contributed by atoms with van der Waals surface area (Å²) in [6, 6.07) is 9.55. The second-order valence-electron chi connectivity index (χ2n) is 6.12. The largest absolute Gasteiger partial charge is 0.494 e. The SMILES string of the molecule is CS(=O)(=O)N1CCN(CCNC(=O)CCCOc2ccccc2)CC1. The molecule has 1 saturated heterocycles. The number of amides is 1. The van der Waals surface area contributed by atoms with Crippen LogP contribution in [0.3, 0.4) is 0 Å². The van der Waals surface area contributed by atoms with Gasteiger partial charge in [0.2, 0.25) is 15.9 Å². The minimum Gasteiger partial charge on any atom is -0.494 e. The minimum atomic E-state index is -3.09. The van der Waals surface area contributed by atoms with Gasteiger partial charge in [-0.3, -0.25) is 9.69 Å². The van der Waals surface area contributed by atoms with Crippen LogP contribution >= 0.6 is 0 Å². The number of sulfonamides is 1. The fourth-order valence-electron chi connectivity index (χ4n) is 2.67. The Hall–Kier alpha value is -1.64. The van der Waals surface area contributed by atoms with Crippen LogP contribution in [0.5, 0.6) is 5.75 Å². The van der Waals surface area contributed by atoms with Crippen molar-refractivity contribution in [2.75, 3.05) is 52.1 Å². The van der Waals surface area contributed by atoms with Crippen molar-refractivity contribution in [3.05, 3.63) is 30.3 Å². The van der Waals surface area contributed by atoms with Crippen molar-refractivity contribution in [2.45, 2.75) is 12.8 Å². The molecule has 0 unspecified atom stereocenters. The van der Waals surface area contributed by atoms with Crippen molar-refractivity contribution < 1.29 is 17.9 Å². The van der Waals surface area contributed by atoms with Gasteiger partial charge in [-0.25, -0.2) is 8.42 Å². The number of nitrogens with zero attached hydrogens (tertiary/aromatic N) is 2. The van der Waals surface area contributed by atoms with Crippen LogP contribution in [-0.4, -0.2) is 75.7 Å². The summed E-state index contributed by atoms with van der Waals surface area (Å²) in [5, 5.41) is 2.90. The van der Waals surface area contributed by atoms with Crippen molar-refractivity contribution in [3.63, 3.8) is 0 Å². The average molecular weight is 369 g/mol. The van der Waals surface area contributed by atoms with Crippen LogP contribution in [0.2, 0.25) is 0 Å². The first-order chi connectivity index (χ1) is 11.9. The molecular weight excluding hydrogens is 342 g/mol. The number of hydrogen-bond donors (Lipinski definition) is 1. The molecule has 1 N–H and O–H groups in total. The smallest absolute Gasteiger partial charge is 0.220 e. The van der Waals surface area contributed by atoms with Crippen LogP contribution in [-0.2, 0) is 14.8 Å². The maximum atomic E-state index is 11.8. The van der Waals surface area contributed by atoms with E-state index in [1.165, 1.54) is 10.6 Å². The summed E-state index contributed by atoms with van der Waals surface area (Å²) < 4.78 is 30.0. The number of piperazine rings is 1. The highest BCUT2D eigenvalue weighted by Gasteiger charge is 2.22. The Bertz CT molecular complexity index is 629. The quantitative estimate of drug-likeness (QED) is 0.643. The third kappa shape index (κ3) is 7.41. The molecule has 1 amide bonds. The second kappa shape index (κ2) is 9.74. The lowest BCUT2D eigenvalue weighted by Crippen LogP contribution is -2.49. The lowest BCUT2D eigenvalue weighted by atomic mass is 10.3.